The minimum absolute atomic E-state index is 0.188. The second kappa shape index (κ2) is 5.91. The molecule has 1 aliphatic rings. The molecule has 0 spiro atoms. The zero-order valence-electron chi connectivity index (χ0n) is 9.37. The zero-order chi connectivity index (χ0) is 12.1. The summed E-state index contributed by atoms with van der Waals surface area (Å²) in [5.74, 6) is 1.60. The Kier molecular flexibility index (Phi) is 4.25. The van der Waals surface area contributed by atoms with Crippen LogP contribution in [0.4, 0.5) is 4.79 Å². The summed E-state index contributed by atoms with van der Waals surface area (Å²) in [5.41, 5.74) is 1.12. The summed E-state index contributed by atoms with van der Waals surface area (Å²) in [7, 11) is 0. The summed E-state index contributed by atoms with van der Waals surface area (Å²) in [5, 5.41) is 2.69. The van der Waals surface area contributed by atoms with Crippen LogP contribution in [0.5, 0.6) is 11.5 Å². The first-order chi connectivity index (χ1) is 8.25. The van der Waals surface area contributed by atoms with Crippen LogP contribution in [0.1, 0.15) is 12.0 Å². The first-order valence-electron chi connectivity index (χ1n) is 5.57. The van der Waals surface area contributed by atoms with E-state index in [-0.39, 0.29) is 4.82 Å². The van der Waals surface area contributed by atoms with Gasteiger partial charge in [-0.15, -0.1) is 0 Å². The van der Waals surface area contributed by atoms with Crippen LogP contribution < -0.4 is 14.8 Å². The van der Waals surface area contributed by atoms with Crippen molar-refractivity contribution in [2.75, 3.05) is 19.8 Å². The highest BCUT2D eigenvalue weighted by atomic mass is 79.9. The summed E-state index contributed by atoms with van der Waals surface area (Å²) in [6, 6.07) is 5.89. The van der Waals surface area contributed by atoms with Crippen molar-refractivity contribution in [1.29, 1.82) is 0 Å². The molecule has 1 N–H and O–H groups in total. The monoisotopic (exact) mass is 299 g/mol. The number of nitrogens with one attached hydrogen (secondary N) is 1. The summed E-state index contributed by atoms with van der Waals surface area (Å²) < 4.78 is 11.1. The molecule has 0 fully saturated rings. The number of carbonyl (C=O) groups excluding carboxylic acids is 1. The van der Waals surface area contributed by atoms with Crippen molar-refractivity contribution in [3.8, 4) is 11.5 Å². The second-order valence-corrected chi connectivity index (χ2v) is 4.50. The lowest BCUT2D eigenvalue weighted by Gasteiger charge is -2.09. The van der Waals surface area contributed by atoms with E-state index in [1.165, 1.54) is 0 Å². The number of hydrogen-bond acceptors (Lipinski definition) is 3. The van der Waals surface area contributed by atoms with E-state index in [0.29, 0.717) is 19.8 Å². The van der Waals surface area contributed by atoms with Gasteiger partial charge in [0.2, 0.25) is 0 Å². The number of halogens is 1. The predicted molar refractivity (Wildman–Crippen MR) is 68.1 cm³/mol. The molecular weight excluding hydrogens is 286 g/mol. The summed E-state index contributed by atoms with van der Waals surface area (Å²) >= 11 is 2.82. The van der Waals surface area contributed by atoms with Gasteiger partial charge in [-0.05, 0) is 24.1 Å². The van der Waals surface area contributed by atoms with Gasteiger partial charge in [0.25, 0.3) is 4.82 Å². The molecule has 0 saturated carbocycles. The van der Waals surface area contributed by atoms with Crippen LogP contribution in [0.2, 0.25) is 0 Å². The number of benzene rings is 1. The predicted octanol–water partition coefficient (Wildman–Crippen LogP) is 2.49. The zero-order valence-corrected chi connectivity index (χ0v) is 11.0. The highest BCUT2D eigenvalue weighted by Crippen LogP contribution is 2.30. The van der Waals surface area contributed by atoms with E-state index in [1.54, 1.807) is 0 Å². The first kappa shape index (κ1) is 12.2. The van der Waals surface area contributed by atoms with E-state index in [1.807, 2.05) is 18.2 Å². The van der Waals surface area contributed by atoms with Crippen molar-refractivity contribution >= 4 is 20.7 Å². The molecule has 1 heterocycles. The van der Waals surface area contributed by atoms with Crippen molar-refractivity contribution in [2.24, 2.45) is 0 Å². The van der Waals surface area contributed by atoms with Gasteiger partial charge in [0.1, 0.15) is 0 Å². The maximum Gasteiger partial charge on any atom is 0.287 e. The number of rotatable bonds is 3. The van der Waals surface area contributed by atoms with E-state index in [4.69, 9.17) is 9.47 Å². The third-order valence-corrected chi connectivity index (χ3v) is 2.77. The fraction of sp³-hybridized carbons (Fsp3) is 0.417. The summed E-state index contributed by atoms with van der Waals surface area (Å²) in [4.78, 5) is 10.5. The minimum Gasteiger partial charge on any atom is -0.490 e. The molecule has 0 aromatic heterocycles. The molecule has 0 radical (unpaired) electrons. The van der Waals surface area contributed by atoms with Crippen LogP contribution >= 0.6 is 15.9 Å². The molecule has 1 aromatic carbocycles. The molecule has 92 valence electrons. The van der Waals surface area contributed by atoms with E-state index in [9.17, 15) is 4.79 Å². The van der Waals surface area contributed by atoms with Gasteiger partial charge < -0.3 is 14.8 Å². The lowest BCUT2D eigenvalue weighted by molar-refractivity contribution is 0.262. The molecule has 4 nitrogen and oxygen atoms in total. The first-order valence-corrected chi connectivity index (χ1v) is 6.37. The quantitative estimate of drug-likeness (QED) is 0.689. The van der Waals surface area contributed by atoms with E-state index < -0.39 is 0 Å². The Morgan fingerprint density at radius 2 is 2.06 bits per heavy atom. The SMILES string of the molecule is O=C(Br)NCCc1ccc2c(c1)OCCCO2. The number of carbonyl (C=O) groups is 1. The molecule has 1 aromatic rings. The minimum atomic E-state index is -0.188. The molecule has 0 atom stereocenters. The molecule has 0 saturated heterocycles. The molecule has 0 bridgehead atoms. The number of amides is 1. The van der Waals surface area contributed by atoms with Gasteiger partial charge in [0, 0.05) is 28.9 Å². The van der Waals surface area contributed by atoms with Gasteiger partial charge in [-0.2, -0.15) is 0 Å². The maximum absolute atomic E-state index is 10.7. The van der Waals surface area contributed by atoms with Gasteiger partial charge in [0.05, 0.1) is 13.2 Å². The van der Waals surface area contributed by atoms with Crippen LogP contribution in [0.25, 0.3) is 0 Å². The smallest absolute Gasteiger partial charge is 0.287 e. The highest BCUT2D eigenvalue weighted by Gasteiger charge is 2.10. The Morgan fingerprint density at radius 1 is 1.29 bits per heavy atom. The maximum atomic E-state index is 10.7. The fourth-order valence-corrected chi connectivity index (χ4v) is 1.87. The summed E-state index contributed by atoms with van der Waals surface area (Å²) in [6.45, 7) is 1.99. The number of fused-ring (bicyclic) bond motifs is 1. The van der Waals surface area contributed by atoms with E-state index in [2.05, 4.69) is 21.2 Å². The Bertz CT molecular complexity index is 409. The van der Waals surface area contributed by atoms with Gasteiger partial charge in [-0.3, -0.25) is 4.79 Å². The fourth-order valence-electron chi connectivity index (χ4n) is 1.67. The number of ether oxygens (including phenoxy) is 2. The van der Waals surface area contributed by atoms with E-state index >= 15 is 0 Å². The largest absolute Gasteiger partial charge is 0.490 e. The van der Waals surface area contributed by atoms with Crippen LogP contribution in [0, 0.1) is 0 Å². The average molecular weight is 300 g/mol. The van der Waals surface area contributed by atoms with Crippen molar-refractivity contribution < 1.29 is 14.3 Å². The van der Waals surface area contributed by atoms with Crippen LogP contribution in [0.3, 0.4) is 0 Å². The molecule has 1 aliphatic heterocycles. The van der Waals surface area contributed by atoms with Crippen LogP contribution in [0.15, 0.2) is 18.2 Å². The standard InChI is InChI=1S/C12H14BrNO3/c13-12(15)14-5-4-9-2-3-10-11(8-9)17-7-1-6-16-10/h2-3,8H,1,4-7H2,(H,14,15). The second-order valence-electron chi connectivity index (χ2n) is 3.78. The third kappa shape index (κ3) is 3.63. The van der Waals surface area contributed by atoms with Gasteiger partial charge in [-0.25, -0.2) is 0 Å². The van der Waals surface area contributed by atoms with Gasteiger partial charge >= 0.3 is 0 Å². The third-order valence-electron chi connectivity index (χ3n) is 2.49. The molecule has 0 aliphatic carbocycles. The Hall–Kier alpha value is -1.23. The lowest BCUT2D eigenvalue weighted by atomic mass is 10.1. The molecular formula is C12H14BrNO3. The topological polar surface area (TPSA) is 47.6 Å². The molecule has 5 heteroatoms. The number of hydrogen-bond donors (Lipinski definition) is 1. The molecule has 0 unspecified atom stereocenters. The van der Waals surface area contributed by atoms with Crippen molar-refractivity contribution in [1.82, 2.24) is 5.32 Å². The Labute approximate surface area is 108 Å². The Balaban J connectivity index is 1.99. The molecule has 1 amide bonds. The Morgan fingerprint density at radius 3 is 2.82 bits per heavy atom. The van der Waals surface area contributed by atoms with Crippen molar-refractivity contribution in [3.63, 3.8) is 0 Å². The summed E-state index contributed by atoms with van der Waals surface area (Å²) in [6.07, 6.45) is 1.68. The van der Waals surface area contributed by atoms with Crippen molar-refractivity contribution in [3.05, 3.63) is 23.8 Å². The van der Waals surface area contributed by atoms with Crippen molar-refractivity contribution in [2.45, 2.75) is 12.8 Å². The highest BCUT2D eigenvalue weighted by molar-refractivity contribution is 9.18. The van der Waals surface area contributed by atoms with Crippen LogP contribution in [-0.4, -0.2) is 24.6 Å². The molecule has 2 rings (SSSR count). The van der Waals surface area contributed by atoms with Crippen LogP contribution in [-0.2, 0) is 6.42 Å². The van der Waals surface area contributed by atoms with Gasteiger partial charge in [-0.1, -0.05) is 6.07 Å². The molecule has 17 heavy (non-hydrogen) atoms. The van der Waals surface area contributed by atoms with E-state index in [0.717, 1.165) is 29.9 Å². The lowest BCUT2D eigenvalue weighted by Crippen LogP contribution is -2.18. The normalized spacial score (nSPS) is 13.9. The van der Waals surface area contributed by atoms with Gasteiger partial charge in [0.15, 0.2) is 11.5 Å². The average Bonchev–Trinajstić information content (AvgIpc) is 2.53.